The summed E-state index contributed by atoms with van der Waals surface area (Å²) in [5.41, 5.74) is 0. The molecule has 3 N–H and O–H groups in total. The maximum Gasteiger partial charge on any atom is 0.324 e. The number of hydrogen-bond donors (Lipinski definition) is 3. The summed E-state index contributed by atoms with van der Waals surface area (Å²) in [4.78, 5) is 31.6. The van der Waals surface area contributed by atoms with Crippen molar-refractivity contribution in [1.29, 1.82) is 0 Å². The Kier molecular flexibility index (Phi) is 6.71. The molecule has 2 saturated heterocycles. The molecule has 3 aliphatic rings. The molecule has 0 unspecified atom stereocenters. The molecule has 0 atom stereocenters. The average Bonchev–Trinajstić information content (AvgIpc) is 3.28. The Bertz CT molecular complexity index is 508. The highest BCUT2D eigenvalue weighted by Gasteiger charge is 2.28. The molecule has 0 radical (unpaired) electrons. The normalized spacial score (nSPS) is 23.6. The van der Waals surface area contributed by atoms with Crippen LogP contribution in [-0.2, 0) is 4.79 Å². The lowest BCUT2D eigenvalue weighted by atomic mass is 10.0. The van der Waals surface area contributed by atoms with E-state index in [9.17, 15) is 9.59 Å². The molecule has 2 aliphatic heterocycles. The summed E-state index contributed by atoms with van der Waals surface area (Å²) in [7, 11) is 0. The number of nitrogens with one attached hydrogen (secondary N) is 3. The summed E-state index contributed by atoms with van der Waals surface area (Å²) in [5.74, 6) is 0.598. The number of carbonyl (C=O) groups excluding carboxylic acids is 2. The second kappa shape index (κ2) is 9.21. The van der Waals surface area contributed by atoms with Gasteiger partial charge >= 0.3 is 6.03 Å². The van der Waals surface area contributed by atoms with Crippen LogP contribution in [0, 0.1) is 0 Å². The lowest BCUT2D eigenvalue weighted by molar-refractivity contribution is -0.124. The van der Waals surface area contributed by atoms with Crippen LogP contribution in [0.4, 0.5) is 4.79 Å². The molecule has 0 aromatic carbocycles. The van der Waals surface area contributed by atoms with Crippen molar-refractivity contribution < 1.29 is 9.59 Å². The van der Waals surface area contributed by atoms with Crippen LogP contribution in [0.1, 0.15) is 45.4 Å². The summed E-state index contributed by atoms with van der Waals surface area (Å²) in [6.07, 6.45) is 7.77. The number of imide groups is 1. The number of rotatable bonds is 6. The van der Waals surface area contributed by atoms with Gasteiger partial charge in [-0.25, -0.2) is 4.79 Å². The van der Waals surface area contributed by atoms with E-state index in [1.54, 1.807) is 0 Å². The first kappa shape index (κ1) is 18.9. The van der Waals surface area contributed by atoms with Crippen LogP contribution in [0.5, 0.6) is 0 Å². The smallest absolute Gasteiger partial charge is 0.324 e. The van der Waals surface area contributed by atoms with Gasteiger partial charge in [-0.2, -0.15) is 0 Å². The quantitative estimate of drug-likeness (QED) is 0.363. The van der Waals surface area contributed by atoms with Crippen LogP contribution in [0.15, 0.2) is 4.99 Å². The van der Waals surface area contributed by atoms with Crippen molar-refractivity contribution in [3.8, 4) is 0 Å². The second-order valence-corrected chi connectivity index (χ2v) is 7.36. The van der Waals surface area contributed by atoms with Gasteiger partial charge in [0.2, 0.25) is 5.91 Å². The number of hydrogen-bond acceptors (Lipinski definition) is 4. The van der Waals surface area contributed by atoms with Gasteiger partial charge in [0.15, 0.2) is 5.96 Å². The molecule has 26 heavy (non-hydrogen) atoms. The van der Waals surface area contributed by atoms with E-state index in [1.807, 2.05) is 6.92 Å². The molecule has 146 valence electrons. The number of amides is 3. The van der Waals surface area contributed by atoms with Gasteiger partial charge in [0.25, 0.3) is 0 Å². The van der Waals surface area contributed by atoms with Gasteiger partial charge in [-0.3, -0.25) is 14.7 Å². The van der Waals surface area contributed by atoms with Crippen LogP contribution in [0.3, 0.4) is 0 Å². The monoisotopic (exact) mass is 364 g/mol. The van der Waals surface area contributed by atoms with Crippen LogP contribution >= 0.6 is 0 Å². The third-order valence-corrected chi connectivity index (χ3v) is 5.59. The molecule has 0 spiro atoms. The van der Waals surface area contributed by atoms with Gasteiger partial charge in [-0.1, -0.05) is 12.8 Å². The van der Waals surface area contributed by atoms with E-state index in [0.29, 0.717) is 19.1 Å². The van der Waals surface area contributed by atoms with Gasteiger partial charge in [-0.05, 0) is 32.6 Å². The maximum absolute atomic E-state index is 11.6. The van der Waals surface area contributed by atoms with Crippen molar-refractivity contribution in [2.45, 2.75) is 57.5 Å². The minimum absolute atomic E-state index is 0.0977. The highest BCUT2D eigenvalue weighted by atomic mass is 16.2. The van der Waals surface area contributed by atoms with E-state index >= 15 is 0 Å². The first-order valence-electron chi connectivity index (χ1n) is 10.0. The summed E-state index contributed by atoms with van der Waals surface area (Å²) in [6.45, 7) is 5.97. The Hall–Kier alpha value is -1.83. The lowest BCUT2D eigenvalue weighted by Crippen LogP contribution is -2.50. The van der Waals surface area contributed by atoms with Crippen molar-refractivity contribution in [3.63, 3.8) is 0 Å². The van der Waals surface area contributed by atoms with Gasteiger partial charge in [-0.15, -0.1) is 0 Å². The Morgan fingerprint density at radius 2 is 1.92 bits per heavy atom. The minimum atomic E-state index is -0.317. The summed E-state index contributed by atoms with van der Waals surface area (Å²) in [6, 6.07) is 0.923. The lowest BCUT2D eigenvalue weighted by Gasteiger charge is -2.36. The zero-order valence-electron chi connectivity index (χ0n) is 15.8. The van der Waals surface area contributed by atoms with E-state index in [-0.39, 0.29) is 18.5 Å². The van der Waals surface area contributed by atoms with Crippen LogP contribution in [0.2, 0.25) is 0 Å². The molecule has 2 heterocycles. The molecule has 3 rings (SSSR count). The maximum atomic E-state index is 11.6. The van der Waals surface area contributed by atoms with E-state index < -0.39 is 0 Å². The molecular formula is C18H32N6O2. The largest absolute Gasteiger partial charge is 0.357 e. The summed E-state index contributed by atoms with van der Waals surface area (Å²) < 4.78 is 0. The number of aliphatic imine (C=N–C) groups is 1. The molecule has 0 aromatic rings. The Labute approximate surface area is 155 Å². The molecule has 3 fully saturated rings. The van der Waals surface area contributed by atoms with Crippen molar-refractivity contribution in [3.05, 3.63) is 0 Å². The zero-order valence-corrected chi connectivity index (χ0v) is 15.8. The second-order valence-electron chi connectivity index (χ2n) is 7.36. The number of piperidine rings is 1. The number of nitrogens with zero attached hydrogens (tertiary/aromatic N) is 3. The van der Waals surface area contributed by atoms with Gasteiger partial charge in [0.1, 0.15) is 0 Å². The molecule has 1 saturated carbocycles. The standard InChI is InChI=1S/C18H32N6O2/c1-2-19-17(20-9-12-24-16(25)13-21-18(24)26)22-14-7-10-23(11-8-14)15-5-3-4-6-15/h14-15H,2-13H2,1H3,(H,21,26)(H2,19,20,22). The van der Waals surface area contributed by atoms with E-state index in [0.717, 1.165) is 44.5 Å². The fourth-order valence-corrected chi connectivity index (χ4v) is 4.14. The minimum Gasteiger partial charge on any atom is -0.357 e. The van der Waals surface area contributed by atoms with Gasteiger partial charge in [0.05, 0.1) is 19.6 Å². The van der Waals surface area contributed by atoms with Crippen LogP contribution in [0.25, 0.3) is 0 Å². The van der Waals surface area contributed by atoms with Gasteiger partial charge in [0, 0.05) is 31.7 Å². The zero-order chi connectivity index (χ0) is 18.4. The third kappa shape index (κ3) is 4.87. The SMILES string of the molecule is CCNC(=NCCN1C(=O)CNC1=O)NC1CCN(C2CCCC2)CC1. The topological polar surface area (TPSA) is 89.1 Å². The average molecular weight is 364 g/mol. The van der Waals surface area contributed by atoms with Crippen molar-refractivity contribution in [2.75, 3.05) is 39.3 Å². The number of carbonyl (C=O) groups is 2. The fraction of sp³-hybridized carbons (Fsp3) is 0.833. The van der Waals surface area contributed by atoms with Crippen molar-refractivity contribution in [2.24, 2.45) is 4.99 Å². The fourth-order valence-electron chi connectivity index (χ4n) is 4.14. The number of urea groups is 1. The number of guanidine groups is 1. The molecule has 8 heteroatoms. The van der Waals surface area contributed by atoms with Crippen LogP contribution in [-0.4, -0.2) is 79.0 Å². The predicted molar refractivity (Wildman–Crippen MR) is 101 cm³/mol. The predicted octanol–water partition coefficient (Wildman–Crippen LogP) is 0.500. The molecule has 3 amide bonds. The first-order valence-corrected chi connectivity index (χ1v) is 10.0. The van der Waals surface area contributed by atoms with Crippen molar-refractivity contribution in [1.82, 2.24) is 25.8 Å². The Morgan fingerprint density at radius 1 is 1.19 bits per heavy atom. The highest BCUT2D eigenvalue weighted by Crippen LogP contribution is 2.26. The summed E-state index contributed by atoms with van der Waals surface area (Å²) in [5, 5.41) is 9.32. The van der Waals surface area contributed by atoms with E-state index in [1.165, 1.54) is 30.6 Å². The van der Waals surface area contributed by atoms with E-state index in [2.05, 4.69) is 25.8 Å². The third-order valence-electron chi connectivity index (χ3n) is 5.59. The van der Waals surface area contributed by atoms with Crippen LogP contribution < -0.4 is 16.0 Å². The number of likely N-dealkylation sites (tertiary alicyclic amines) is 1. The van der Waals surface area contributed by atoms with Crippen molar-refractivity contribution >= 4 is 17.9 Å². The molecule has 1 aliphatic carbocycles. The van der Waals surface area contributed by atoms with Gasteiger partial charge < -0.3 is 20.9 Å². The molecule has 8 nitrogen and oxygen atoms in total. The van der Waals surface area contributed by atoms with E-state index in [4.69, 9.17) is 0 Å². The molecular weight excluding hydrogens is 332 g/mol. The Morgan fingerprint density at radius 3 is 2.54 bits per heavy atom. The molecule has 0 bridgehead atoms. The molecule has 0 aromatic heterocycles. The highest BCUT2D eigenvalue weighted by molar-refractivity contribution is 6.01. The Balaban J connectivity index is 1.44. The first-order chi connectivity index (χ1) is 12.7. The summed E-state index contributed by atoms with van der Waals surface area (Å²) >= 11 is 0.